The second kappa shape index (κ2) is 4.19. The van der Waals surface area contributed by atoms with Gasteiger partial charge in [0.05, 0.1) is 0 Å². The van der Waals surface area contributed by atoms with E-state index in [1.807, 2.05) is 0 Å². The number of rotatable bonds is 3. The van der Waals surface area contributed by atoms with Gasteiger partial charge in [-0.3, -0.25) is 9.59 Å². The molecule has 1 atom stereocenters. The van der Waals surface area contributed by atoms with E-state index in [1.165, 1.54) is 6.92 Å². The fourth-order valence-corrected chi connectivity index (χ4v) is 1.43. The molecule has 0 saturated heterocycles. The van der Waals surface area contributed by atoms with E-state index in [1.54, 1.807) is 0 Å². The molecule has 0 heterocycles. The number of Topliss-reactive ketones (excluding diaryl/α,β-unsaturated/α-hetero) is 2. The van der Waals surface area contributed by atoms with Gasteiger partial charge in [0, 0.05) is 13.3 Å². The summed E-state index contributed by atoms with van der Waals surface area (Å²) in [5.74, 6) is -0.226. The van der Waals surface area contributed by atoms with Crippen molar-refractivity contribution in [3.05, 3.63) is 12.2 Å². The van der Waals surface area contributed by atoms with E-state index < -0.39 is 0 Å². The fraction of sp³-hybridized carbons (Fsp3) is 0.600. The molecule has 1 unspecified atom stereocenters. The van der Waals surface area contributed by atoms with Crippen LogP contribution in [0.5, 0.6) is 0 Å². The first-order chi connectivity index (χ1) is 5.70. The van der Waals surface area contributed by atoms with Crippen LogP contribution >= 0.6 is 0 Å². The molecule has 0 fully saturated rings. The average Bonchev–Trinajstić information content (AvgIpc) is 2.06. The van der Waals surface area contributed by atoms with Crippen LogP contribution in [0, 0.1) is 5.92 Å². The second-order valence-corrected chi connectivity index (χ2v) is 3.30. The Balaban J connectivity index is 2.40. The molecule has 2 nitrogen and oxygen atoms in total. The molecule has 0 aromatic rings. The summed E-state index contributed by atoms with van der Waals surface area (Å²) in [6.07, 6.45) is 7.88. The first-order valence-corrected chi connectivity index (χ1v) is 4.40. The van der Waals surface area contributed by atoms with Gasteiger partial charge in [-0.05, 0) is 25.2 Å². The third-order valence-corrected chi connectivity index (χ3v) is 2.19. The zero-order valence-electron chi connectivity index (χ0n) is 7.38. The monoisotopic (exact) mass is 166 g/mol. The third kappa shape index (κ3) is 2.61. The van der Waals surface area contributed by atoms with Crippen molar-refractivity contribution < 1.29 is 9.59 Å². The Bertz CT molecular complexity index is 216. The zero-order valence-corrected chi connectivity index (χ0v) is 7.38. The average molecular weight is 166 g/mol. The highest BCUT2D eigenvalue weighted by molar-refractivity contribution is 6.36. The van der Waals surface area contributed by atoms with Crippen molar-refractivity contribution in [3.8, 4) is 0 Å². The van der Waals surface area contributed by atoms with Crippen molar-refractivity contribution in [2.45, 2.75) is 32.6 Å². The lowest BCUT2D eigenvalue weighted by molar-refractivity contribution is -0.135. The van der Waals surface area contributed by atoms with Crippen LogP contribution in [0.1, 0.15) is 32.6 Å². The van der Waals surface area contributed by atoms with Crippen LogP contribution in [-0.2, 0) is 9.59 Å². The van der Waals surface area contributed by atoms with E-state index in [0.717, 1.165) is 19.3 Å². The van der Waals surface area contributed by atoms with Gasteiger partial charge in [0.2, 0.25) is 0 Å². The molecule has 1 aliphatic rings. The summed E-state index contributed by atoms with van der Waals surface area (Å²) in [5.41, 5.74) is 0. The van der Waals surface area contributed by atoms with E-state index in [2.05, 4.69) is 12.2 Å². The first-order valence-electron chi connectivity index (χ1n) is 4.40. The number of hydrogen-bond acceptors (Lipinski definition) is 2. The molecule has 0 aliphatic heterocycles. The third-order valence-electron chi connectivity index (χ3n) is 2.19. The van der Waals surface area contributed by atoms with Crippen LogP contribution in [-0.4, -0.2) is 11.6 Å². The van der Waals surface area contributed by atoms with Crippen molar-refractivity contribution in [3.63, 3.8) is 0 Å². The van der Waals surface area contributed by atoms with Gasteiger partial charge in [-0.2, -0.15) is 0 Å². The molecule has 12 heavy (non-hydrogen) atoms. The highest BCUT2D eigenvalue weighted by atomic mass is 16.2. The lowest BCUT2D eigenvalue weighted by atomic mass is 9.91. The molecule has 1 rings (SSSR count). The predicted octanol–water partition coefficient (Wildman–Crippen LogP) is 1.89. The summed E-state index contributed by atoms with van der Waals surface area (Å²) in [7, 11) is 0. The fourth-order valence-electron chi connectivity index (χ4n) is 1.43. The van der Waals surface area contributed by atoms with E-state index in [4.69, 9.17) is 0 Å². The topological polar surface area (TPSA) is 34.1 Å². The van der Waals surface area contributed by atoms with Gasteiger partial charge >= 0.3 is 0 Å². The quantitative estimate of drug-likeness (QED) is 0.474. The maximum Gasteiger partial charge on any atom is 0.198 e. The molecule has 0 spiro atoms. The van der Waals surface area contributed by atoms with Crippen LogP contribution < -0.4 is 0 Å². The molecule has 0 N–H and O–H groups in total. The maximum absolute atomic E-state index is 11.0. The van der Waals surface area contributed by atoms with Crippen molar-refractivity contribution in [2.75, 3.05) is 0 Å². The number of carbonyl (C=O) groups excluding carboxylic acids is 2. The minimum absolute atomic E-state index is 0.230. The number of ketones is 2. The predicted molar refractivity (Wildman–Crippen MR) is 46.8 cm³/mol. The molecule has 66 valence electrons. The van der Waals surface area contributed by atoms with Gasteiger partial charge < -0.3 is 0 Å². The lowest BCUT2D eigenvalue weighted by Gasteiger charge is -2.13. The van der Waals surface area contributed by atoms with Gasteiger partial charge in [-0.25, -0.2) is 0 Å². The Morgan fingerprint density at radius 1 is 1.50 bits per heavy atom. The molecule has 0 saturated carbocycles. The minimum atomic E-state index is -0.311. The molecule has 0 radical (unpaired) electrons. The van der Waals surface area contributed by atoms with Crippen LogP contribution in [0.15, 0.2) is 12.2 Å². The number of allylic oxidation sites excluding steroid dienone is 2. The Morgan fingerprint density at radius 3 is 2.75 bits per heavy atom. The minimum Gasteiger partial charge on any atom is -0.291 e. The van der Waals surface area contributed by atoms with Crippen molar-refractivity contribution in [1.29, 1.82) is 0 Å². The highest BCUT2D eigenvalue weighted by Crippen LogP contribution is 2.20. The summed E-state index contributed by atoms with van der Waals surface area (Å²) < 4.78 is 0. The van der Waals surface area contributed by atoms with Crippen molar-refractivity contribution in [1.82, 2.24) is 0 Å². The smallest absolute Gasteiger partial charge is 0.198 e. The summed E-state index contributed by atoms with van der Waals surface area (Å²) >= 11 is 0. The molecular weight excluding hydrogens is 152 g/mol. The van der Waals surface area contributed by atoms with Gasteiger partial charge in [-0.15, -0.1) is 0 Å². The van der Waals surface area contributed by atoms with Gasteiger partial charge in [0.1, 0.15) is 0 Å². The van der Waals surface area contributed by atoms with E-state index >= 15 is 0 Å². The number of hydrogen-bond donors (Lipinski definition) is 0. The van der Waals surface area contributed by atoms with E-state index in [9.17, 15) is 9.59 Å². The normalized spacial score (nSPS) is 22.2. The van der Waals surface area contributed by atoms with Crippen LogP contribution in [0.3, 0.4) is 0 Å². The van der Waals surface area contributed by atoms with Crippen molar-refractivity contribution >= 4 is 11.6 Å². The standard InChI is InChI=1S/C10H14O2/c1-8(11)10(12)7-9-5-3-2-4-6-9/h3,5,9H,2,4,6-7H2,1H3. The molecule has 1 aliphatic carbocycles. The van der Waals surface area contributed by atoms with Crippen molar-refractivity contribution in [2.24, 2.45) is 5.92 Å². The molecule has 2 heteroatoms. The van der Waals surface area contributed by atoms with Crippen LogP contribution in [0.4, 0.5) is 0 Å². The summed E-state index contributed by atoms with van der Waals surface area (Å²) in [5, 5.41) is 0. The largest absolute Gasteiger partial charge is 0.291 e. The van der Waals surface area contributed by atoms with Gasteiger partial charge in [0.25, 0.3) is 0 Å². The SMILES string of the molecule is CC(=O)C(=O)CC1C=CCCC1. The summed E-state index contributed by atoms with van der Waals surface area (Å²) in [6.45, 7) is 1.34. The molecular formula is C10H14O2. The maximum atomic E-state index is 11.0. The second-order valence-electron chi connectivity index (χ2n) is 3.30. The highest BCUT2D eigenvalue weighted by Gasteiger charge is 2.15. The summed E-state index contributed by atoms with van der Waals surface area (Å²) in [6, 6.07) is 0. The van der Waals surface area contributed by atoms with Gasteiger partial charge in [-0.1, -0.05) is 12.2 Å². The van der Waals surface area contributed by atoms with E-state index in [0.29, 0.717) is 12.3 Å². The van der Waals surface area contributed by atoms with Crippen LogP contribution in [0.25, 0.3) is 0 Å². The first kappa shape index (κ1) is 9.17. The Hall–Kier alpha value is -0.920. The number of carbonyl (C=O) groups is 2. The zero-order chi connectivity index (χ0) is 8.97. The molecule has 0 aromatic heterocycles. The lowest BCUT2D eigenvalue weighted by Crippen LogP contribution is -2.14. The summed E-state index contributed by atoms with van der Waals surface area (Å²) in [4.78, 5) is 21.7. The molecule has 0 amide bonds. The van der Waals surface area contributed by atoms with E-state index in [-0.39, 0.29) is 11.6 Å². The van der Waals surface area contributed by atoms with Crippen LogP contribution in [0.2, 0.25) is 0 Å². The molecule has 0 aromatic carbocycles. The Morgan fingerprint density at radius 2 is 2.25 bits per heavy atom. The Kier molecular flexibility index (Phi) is 3.20. The Labute approximate surface area is 72.7 Å². The van der Waals surface area contributed by atoms with Gasteiger partial charge in [0.15, 0.2) is 11.6 Å². The molecule has 0 bridgehead atoms.